The third-order valence-electron chi connectivity index (χ3n) is 2.56. The lowest BCUT2D eigenvalue weighted by Gasteiger charge is -2.06. The van der Waals surface area contributed by atoms with Gasteiger partial charge in [-0.3, -0.25) is 0 Å². The van der Waals surface area contributed by atoms with E-state index in [9.17, 15) is 4.39 Å². The van der Waals surface area contributed by atoms with Gasteiger partial charge in [-0.2, -0.15) is 14.4 Å². The van der Waals surface area contributed by atoms with Crippen LogP contribution in [0.3, 0.4) is 0 Å². The Morgan fingerprint density at radius 1 is 1.17 bits per heavy atom. The number of benzene rings is 1. The summed E-state index contributed by atoms with van der Waals surface area (Å²) in [6.45, 7) is 0.561. The molecule has 2 aromatic heterocycles. The molecule has 6 heteroatoms. The maximum atomic E-state index is 13.2. The Bertz CT molecular complexity index is 665. The fraction of sp³-hybridized carbons (Fsp3) is 0.0833. The first-order chi connectivity index (χ1) is 8.83. The first-order valence-corrected chi connectivity index (χ1v) is 5.47. The molecule has 0 aliphatic rings. The van der Waals surface area contributed by atoms with Gasteiger partial charge in [-0.15, -0.1) is 0 Å². The average molecular weight is 242 g/mol. The topological polar surface area (TPSA) is 66.5 Å². The minimum atomic E-state index is -0.787. The van der Waals surface area contributed by atoms with Crippen molar-refractivity contribution in [2.75, 3.05) is 5.32 Å². The highest BCUT2D eigenvalue weighted by molar-refractivity contribution is 5.81. The minimum Gasteiger partial charge on any atom is -0.364 e. The molecule has 0 atom stereocenters. The summed E-state index contributed by atoms with van der Waals surface area (Å²) in [4.78, 5) is 14.1. The molecule has 0 saturated carbocycles. The summed E-state index contributed by atoms with van der Waals surface area (Å²) >= 11 is 0. The van der Waals surface area contributed by atoms with Crippen molar-refractivity contribution in [3.63, 3.8) is 0 Å². The Morgan fingerprint density at radius 3 is 2.83 bits per heavy atom. The second kappa shape index (κ2) is 4.40. The maximum absolute atomic E-state index is 13.2. The van der Waals surface area contributed by atoms with Crippen molar-refractivity contribution < 1.29 is 4.39 Å². The summed E-state index contributed by atoms with van der Waals surface area (Å²) in [5, 5.41) is 3.07. The number of aromatic nitrogens is 4. The Kier molecular flexibility index (Phi) is 2.60. The number of rotatable bonds is 3. The van der Waals surface area contributed by atoms with E-state index < -0.39 is 6.08 Å². The van der Waals surface area contributed by atoms with Crippen molar-refractivity contribution in [3.05, 3.63) is 48.3 Å². The normalized spacial score (nSPS) is 10.7. The summed E-state index contributed by atoms with van der Waals surface area (Å²) in [7, 11) is 0. The minimum absolute atomic E-state index is 0.318. The van der Waals surface area contributed by atoms with Gasteiger partial charge in [-0.25, -0.2) is 4.98 Å². The molecule has 0 bridgehead atoms. The molecule has 18 heavy (non-hydrogen) atoms. The number of hydrogen-bond acceptors (Lipinski definition) is 4. The largest absolute Gasteiger partial charge is 0.364 e. The molecule has 0 aliphatic carbocycles. The first-order valence-electron chi connectivity index (χ1n) is 5.47. The molecule has 0 saturated heterocycles. The van der Waals surface area contributed by atoms with Gasteiger partial charge in [0.25, 0.3) is 0 Å². The number of H-pyrrole nitrogens is 1. The van der Waals surface area contributed by atoms with Crippen LogP contribution in [0, 0.1) is 6.08 Å². The van der Waals surface area contributed by atoms with E-state index >= 15 is 0 Å². The van der Waals surface area contributed by atoms with Crippen molar-refractivity contribution in [2.45, 2.75) is 6.54 Å². The zero-order chi connectivity index (χ0) is 12.4. The molecule has 0 aliphatic heterocycles. The summed E-state index contributed by atoms with van der Waals surface area (Å²) in [6.07, 6.45) is 0.678. The molecule has 5 nitrogen and oxygen atoms in total. The van der Waals surface area contributed by atoms with E-state index in [1.54, 1.807) is 0 Å². The monoisotopic (exact) mass is 242 g/mol. The van der Waals surface area contributed by atoms with Gasteiger partial charge in [-0.1, -0.05) is 30.3 Å². The average Bonchev–Trinajstić information content (AvgIpc) is 2.85. The van der Waals surface area contributed by atoms with Crippen LogP contribution in [0.5, 0.6) is 0 Å². The van der Waals surface area contributed by atoms with Crippen molar-refractivity contribution in [3.8, 4) is 0 Å². The quantitative estimate of drug-likeness (QED) is 0.690. The highest BCUT2D eigenvalue weighted by Crippen LogP contribution is 2.16. The zero-order valence-corrected chi connectivity index (χ0v) is 9.39. The molecule has 2 heterocycles. The molecule has 0 spiro atoms. The first kappa shape index (κ1) is 10.6. The Balaban J connectivity index is 1.88. The second-order valence-electron chi connectivity index (χ2n) is 3.78. The maximum Gasteiger partial charge on any atom is 0.312 e. The fourth-order valence-electron chi connectivity index (χ4n) is 1.72. The van der Waals surface area contributed by atoms with Gasteiger partial charge in [0.1, 0.15) is 5.52 Å². The Hall–Kier alpha value is -2.50. The summed E-state index contributed by atoms with van der Waals surface area (Å²) in [6, 6.07) is 9.80. The standard InChI is InChI=1S/C12H10FN5/c13-12-17-10(9-11(18-12)16-7-15-9)14-6-8-4-2-1-3-5-8/h1-5,7H,6H2,(H2,14,15,16,17,18)/i13-1. The van der Waals surface area contributed by atoms with Gasteiger partial charge >= 0.3 is 6.08 Å². The van der Waals surface area contributed by atoms with Crippen LogP contribution in [0.1, 0.15) is 5.56 Å². The van der Waals surface area contributed by atoms with Gasteiger partial charge in [0.2, 0.25) is 0 Å². The van der Waals surface area contributed by atoms with E-state index in [0.717, 1.165) is 5.56 Å². The molecule has 0 radical (unpaired) electrons. The molecule has 0 fully saturated rings. The van der Waals surface area contributed by atoms with Crippen LogP contribution < -0.4 is 5.32 Å². The number of nitrogens with one attached hydrogen (secondary N) is 2. The van der Waals surface area contributed by atoms with Gasteiger partial charge in [0.05, 0.1) is 6.33 Å². The zero-order valence-electron chi connectivity index (χ0n) is 9.39. The third-order valence-corrected chi connectivity index (χ3v) is 2.56. The van der Waals surface area contributed by atoms with E-state index in [-0.39, 0.29) is 0 Å². The highest BCUT2D eigenvalue weighted by atomic mass is 18.2. The number of halogens is 1. The molecule has 2 N–H and O–H groups in total. The van der Waals surface area contributed by atoms with Gasteiger partial charge in [-0.05, 0) is 5.56 Å². The van der Waals surface area contributed by atoms with Gasteiger partial charge < -0.3 is 10.3 Å². The van der Waals surface area contributed by atoms with Crippen LogP contribution in [-0.4, -0.2) is 19.9 Å². The lowest BCUT2D eigenvalue weighted by Crippen LogP contribution is -2.04. The van der Waals surface area contributed by atoms with E-state index in [1.165, 1.54) is 6.33 Å². The molecule has 3 rings (SSSR count). The Labute approximate surface area is 102 Å². The molecule has 3 aromatic rings. The lowest BCUT2D eigenvalue weighted by molar-refractivity contribution is 0.545. The lowest BCUT2D eigenvalue weighted by atomic mass is 10.2. The number of imidazole rings is 1. The smallest absolute Gasteiger partial charge is 0.312 e. The Morgan fingerprint density at radius 2 is 2.00 bits per heavy atom. The number of hydrogen-bond donors (Lipinski definition) is 2. The van der Waals surface area contributed by atoms with E-state index in [0.29, 0.717) is 23.5 Å². The predicted octanol–water partition coefficient (Wildman–Crippen LogP) is 2.10. The third kappa shape index (κ3) is 2.00. The van der Waals surface area contributed by atoms with Crippen LogP contribution in [0.2, 0.25) is 0 Å². The van der Waals surface area contributed by atoms with Gasteiger partial charge in [0.15, 0.2) is 11.5 Å². The highest BCUT2D eigenvalue weighted by Gasteiger charge is 2.08. The van der Waals surface area contributed by atoms with Crippen molar-refractivity contribution >= 4 is 17.0 Å². The summed E-state index contributed by atoms with van der Waals surface area (Å²) in [5.41, 5.74) is 2.01. The summed E-state index contributed by atoms with van der Waals surface area (Å²) in [5.74, 6) is 0.416. The fourth-order valence-corrected chi connectivity index (χ4v) is 1.72. The second-order valence-corrected chi connectivity index (χ2v) is 3.78. The van der Waals surface area contributed by atoms with E-state index in [1.807, 2.05) is 30.3 Å². The van der Waals surface area contributed by atoms with Crippen molar-refractivity contribution in [2.24, 2.45) is 0 Å². The predicted molar refractivity (Wildman–Crippen MR) is 65.4 cm³/mol. The number of nitrogens with zero attached hydrogens (tertiary/aromatic N) is 3. The molecule has 0 unspecified atom stereocenters. The van der Waals surface area contributed by atoms with Crippen molar-refractivity contribution in [1.29, 1.82) is 0 Å². The molecular weight excluding hydrogens is 232 g/mol. The van der Waals surface area contributed by atoms with Gasteiger partial charge in [0, 0.05) is 6.54 Å². The van der Waals surface area contributed by atoms with E-state index in [2.05, 4.69) is 25.3 Å². The molecular formula is C12H10FN5. The van der Waals surface area contributed by atoms with Crippen LogP contribution in [0.4, 0.5) is 10.2 Å². The van der Waals surface area contributed by atoms with E-state index in [4.69, 9.17) is 0 Å². The summed E-state index contributed by atoms with van der Waals surface area (Å²) < 4.78 is 13.2. The number of fused-ring (bicyclic) bond motifs is 1. The SMILES string of the molecule is [18F]c1nc(NCc2ccccc2)c2[nH]cnc2n1. The molecule has 1 aromatic carbocycles. The van der Waals surface area contributed by atoms with Crippen molar-refractivity contribution in [1.82, 2.24) is 19.9 Å². The number of anilines is 1. The van der Waals surface area contributed by atoms with Crippen LogP contribution in [-0.2, 0) is 6.54 Å². The molecule has 0 amide bonds. The molecule has 90 valence electrons. The number of aromatic amines is 1. The van der Waals surface area contributed by atoms with Crippen LogP contribution >= 0.6 is 0 Å². The van der Waals surface area contributed by atoms with Crippen LogP contribution in [0.25, 0.3) is 11.2 Å². The van der Waals surface area contributed by atoms with Crippen LogP contribution in [0.15, 0.2) is 36.7 Å².